The lowest BCUT2D eigenvalue weighted by atomic mass is 10.2. The zero-order chi connectivity index (χ0) is 15.2. The van der Waals surface area contributed by atoms with Gasteiger partial charge in [-0.25, -0.2) is 9.78 Å². The molecule has 0 fully saturated rings. The highest BCUT2D eigenvalue weighted by molar-refractivity contribution is 6.33. The monoisotopic (exact) mass is 307 g/mol. The molecule has 2 rings (SSSR count). The molecule has 0 aliphatic heterocycles. The summed E-state index contributed by atoms with van der Waals surface area (Å²) in [6.07, 6.45) is 4.71. The van der Waals surface area contributed by atoms with Crippen molar-refractivity contribution in [2.24, 2.45) is 0 Å². The van der Waals surface area contributed by atoms with E-state index in [0.717, 1.165) is 24.3 Å². The fourth-order valence-electron chi connectivity index (χ4n) is 2.03. The molecule has 1 heterocycles. The molecule has 6 heteroatoms. The molecule has 0 spiro atoms. The van der Waals surface area contributed by atoms with Crippen LogP contribution in [-0.4, -0.2) is 22.6 Å². The Balaban J connectivity index is 2.09. The van der Waals surface area contributed by atoms with Crippen molar-refractivity contribution in [3.63, 3.8) is 0 Å². The number of methoxy groups -OCH3 is 1. The number of hydrogen-bond acceptors (Lipinski definition) is 4. The third kappa shape index (κ3) is 3.76. The van der Waals surface area contributed by atoms with Gasteiger partial charge >= 0.3 is 5.97 Å². The number of esters is 1. The summed E-state index contributed by atoms with van der Waals surface area (Å²) < 4.78 is 6.81. The van der Waals surface area contributed by atoms with Gasteiger partial charge in [-0.3, -0.25) is 0 Å². The van der Waals surface area contributed by atoms with E-state index < -0.39 is 5.97 Å². The highest BCUT2D eigenvalue weighted by Crippen LogP contribution is 2.21. The molecule has 2 aromatic rings. The second-order valence-electron chi connectivity index (χ2n) is 4.62. The Labute approximate surface area is 128 Å². The van der Waals surface area contributed by atoms with Crippen molar-refractivity contribution in [3.8, 4) is 0 Å². The number of carbonyl (C=O) groups is 1. The standard InChI is InChI=1S/C15H18ClN3O2/c1-3-6-19-10-17-8-12(19)9-18-11-4-5-14(16)13(7-11)15(20)21-2/h4-5,7-8,10,18H,3,6,9H2,1-2H3. The third-order valence-corrected chi connectivity index (χ3v) is 3.44. The summed E-state index contributed by atoms with van der Waals surface area (Å²) in [6, 6.07) is 5.20. The molecule has 0 atom stereocenters. The molecule has 112 valence electrons. The van der Waals surface area contributed by atoms with Gasteiger partial charge in [0.1, 0.15) is 0 Å². The highest BCUT2D eigenvalue weighted by Gasteiger charge is 2.11. The molecule has 0 amide bonds. The first-order valence-electron chi connectivity index (χ1n) is 6.76. The van der Waals surface area contributed by atoms with Crippen LogP contribution in [0.4, 0.5) is 5.69 Å². The van der Waals surface area contributed by atoms with Crippen LogP contribution < -0.4 is 5.32 Å². The third-order valence-electron chi connectivity index (χ3n) is 3.11. The maximum atomic E-state index is 11.6. The van der Waals surface area contributed by atoms with E-state index in [-0.39, 0.29) is 0 Å². The van der Waals surface area contributed by atoms with Gasteiger partial charge in [-0.05, 0) is 24.6 Å². The minimum Gasteiger partial charge on any atom is -0.465 e. The molecular weight excluding hydrogens is 290 g/mol. The summed E-state index contributed by atoms with van der Waals surface area (Å²) in [5.74, 6) is -0.445. The summed E-state index contributed by atoms with van der Waals surface area (Å²) in [5, 5.41) is 3.64. The molecule has 1 N–H and O–H groups in total. The number of rotatable bonds is 6. The number of aromatic nitrogens is 2. The van der Waals surface area contributed by atoms with Gasteiger partial charge in [0.2, 0.25) is 0 Å². The van der Waals surface area contributed by atoms with Crippen LogP contribution in [0.3, 0.4) is 0 Å². The normalized spacial score (nSPS) is 10.4. The van der Waals surface area contributed by atoms with Gasteiger partial charge in [-0.1, -0.05) is 18.5 Å². The highest BCUT2D eigenvalue weighted by atomic mass is 35.5. The zero-order valence-corrected chi connectivity index (χ0v) is 12.9. The van der Waals surface area contributed by atoms with Gasteiger partial charge in [-0.2, -0.15) is 0 Å². The van der Waals surface area contributed by atoms with Crippen LogP contribution in [0.1, 0.15) is 29.4 Å². The van der Waals surface area contributed by atoms with E-state index >= 15 is 0 Å². The predicted octanol–water partition coefficient (Wildman–Crippen LogP) is 3.35. The molecule has 0 aliphatic rings. The molecule has 0 bridgehead atoms. The molecule has 1 aromatic carbocycles. The van der Waals surface area contributed by atoms with Crippen LogP contribution >= 0.6 is 11.6 Å². The van der Waals surface area contributed by atoms with Gasteiger partial charge in [0, 0.05) is 18.4 Å². The summed E-state index contributed by atoms with van der Waals surface area (Å²) >= 11 is 5.99. The van der Waals surface area contributed by atoms with E-state index in [1.807, 2.05) is 18.6 Å². The minimum atomic E-state index is -0.445. The quantitative estimate of drug-likeness (QED) is 0.832. The first kappa shape index (κ1) is 15.4. The lowest BCUT2D eigenvalue weighted by molar-refractivity contribution is 0.0601. The molecule has 0 saturated carbocycles. The summed E-state index contributed by atoms with van der Waals surface area (Å²) in [6.45, 7) is 3.69. The Morgan fingerprint density at radius 1 is 1.48 bits per heavy atom. The second kappa shape index (κ2) is 7.13. The largest absolute Gasteiger partial charge is 0.465 e. The summed E-state index contributed by atoms with van der Waals surface area (Å²) in [5.41, 5.74) is 2.25. The van der Waals surface area contributed by atoms with Crippen LogP contribution in [-0.2, 0) is 17.8 Å². The maximum Gasteiger partial charge on any atom is 0.339 e. The fraction of sp³-hybridized carbons (Fsp3) is 0.333. The van der Waals surface area contributed by atoms with Crippen LogP contribution in [0, 0.1) is 0 Å². The number of imidazole rings is 1. The maximum absolute atomic E-state index is 11.6. The molecule has 1 aromatic heterocycles. The Morgan fingerprint density at radius 3 is 3.00 bits per heavy atom. The number of carbonyl (C=O) groups excluding carboxylic acids is 1. The number of nitrogens with one attached hydrogen (secondary N) is 1. The van der Waals surface area contributed by atoms with E-state index in [0.29, 0.717) is 17.1 Å². The van der Waals surface area contributed by atoms with Crippen molar-refractivity contribution in [1.29, 1.82) is 0 Å². The number of halogens is 1. The number of nitrogens with zero attached hydrogens (tertiary/aromatic N) is 2. The van der Waals surface area contributed by atoms with Crippen molar-refractivity contribution in [2.45, 2.75) is 26.4 Å². The van der Waals surface area contributed by atoms with E-state index in [1.54, 1.807) is 12.1 Å². The molecule has 0 radical (unpaired) electrons. The fourth-order valence-corrected chi connectivity index (χ4v) is 2.23. The summed E-state index contributed by atoms with van der Waals surface area (Å²) in [4.78, 5) is 15.8. The Bertz CT molecular complexity index is 625. The van der Waals surface area contributed by atoms with Crippen molar-refractivity contribution in [2.75, 3.05) is 12.4 Å². The molecule has 0 saturated heterocycles. The average molecular weight is 308 g/mol. The van der Waals surface area contributed by atoms with Crippen LogP contribution in [0.25, 0.3) is 0 Å². The van der Waals surface area contributed by atoms with Crippen molar-refractivity contribution in [1.82, 2.24) is 9.55 Å². The Kier molecular flexibility index (Phi) is 5.22. The van der Waals surface area contributed by atoms with Gasteiger partial charge in [0.05, 0.1) is 36.3 Å². The van der Waals surface area contributed by atoms with Gasteiger partial charge < -0.3 is 14.6 Å². The lowest BCUT2D eigenvalue weighted by Crippen LogP contribution is -2.08. The minimum absolute atomic E-state index is 0.353. The van der Waals surface area contributed by atoms with Crippen LogP contribution in [0.5, 0.6) is 0 Å². The van der Waals surface area contributed by atoms with Gasteiger partial charge in [0.15, 0.2) is 0 Å². The van der Waals surface area contributed by atoms with Crippen molar-refractivity contribution in [3.05, 3.63) is 47.0 Å². The Morgan fingerprint density at radius 2 is 2.29 bits per heavy atom. The Hall–Kier alpha value is -2.01. The summed E-state index contributed by atoms with van der Waals surface area (Å²) in [7, 11) is 1.34. The topological polar surface area (TPSA) is 56.2 Å². The van der Waals surface area contributed by atoms with Gasteiger partial charge in [-0.15, -0.1) is 0 Å². The van der Waals surface area contributed by atoms with Crippen molar-refractivity contribution < 1.29 is 9.53 Å². The SMILES string of the molecule is CCCn1cncc1CNc1ccc(Cl)c(C(=O)OC)c1. The van der Waals surface area contributed by atoms with E-state index in [2.05, 4.69) is 21.8 Å². The van der Waals surface area contributed by atoms with E-state index in [9.17, 15) is 4.79 Å². The molecule has 0 aliphatic carbocycles. The van der Waals surface area contributed by atoms with Crippen LogP contribution in [0.2, 0.25) is 5.02 Å². The average Bonchev–Trinajstić information content (AvgIpc) is 2.93. The smallest absolute Gasteiger partial charge is 0.339 e. The lowest BCUT2D eigenvalue weighted by Gasteiger charge is -2.11. The molecular formula is C15H18ClN3O2. The molecule has 21 heavy (non-hydrogen) atoms. The first-order valence-corrected chi connectivity index (χ1v) is 7.14. The predicted molar refractivity (Wildman–Crippen MR) is 82.6 cm³/mol. The van der Waals surface area contributed by atoms with E-state index in [1.165, 1.54) is 7.11 Å². The van der Waals surface area contributed by atoms with Crippen LogP contribution in [0.15, 0.2) is 30.7 Å². The van der Waals surface area contributed by atoms with Crippen molar-refractivity contribution >= 4 is 23.3 Å². The first-order chi connectivity index (χ1) is 10.2. The van der Waals surface area contributed by atoms with E-state index in [4.69, 9.17) is 16.3 Å². The number of ether oxygens (including phenoxy) is 1. The number of anilines is 1. The number of aryl methyl sites for hydroxylation is 1. The number of hydrogen-bond donors (Lipinski definition) is 1. The number of benzene rings is 1. The molecule has 5 nitrogen and oxygen atoms in total. The second-order valence-corrected chi connectivity index (χ2v) is 5.03. The van der Waals surface area contributed by atoms with Gasteiger partial charge in [0.25, 0.3) is 0 Å². The zero-order valence-electron chi connectivity index (χ0n) is 12.1. The molecule has 0 unspecified atom stereocenters.